The van der Waals surface area contributed by atoms with Crippen LogP contribution in [0.5, 0.6) is 0 Å². The van der Waals surface area contributed by atoms with Crippen LogP contribution in [0.1, 0.15) is 66.7 Å². The molecular weight excluding hydrogens is 384 g/mol. The van der Waals surface area contributed by atoms with E-state index in [0.29, 0.717) is 18.4 Å². The van der Waals surface area contributed by atoms with Crippen molar-refractivity contribution in [1.29, 1.82) is 0 Å². The summed E-state index contributed by atoms with van der Waals surface area (Å²) in [7, 11) is 0. The van der Waals surface area contributed by atoms with E-state index in [1.165, 1.54) is 13.8 Å². The van der Waals surface area contributed by atoms with Gasteiger partial charge in [0.25, 0.3) is 0 Å². The van der Waals surface area contributed by atoms with Gasteiger partial charge >= 0.3 is 11.9 Å². The molecule has 8 atom stereocenters. The number of ether oxygens (including phenoxy) is 2. The molecule has 2 N–H and O–H groups in total. The minimum atomic E-state index is -1.07. The maximum absolute atomic E-state index is 11.9. The summed E-state index contributed by atoms with van der Waals surface area (Å²) in [6, 6.07) is 0. The third kappa shape index (κ3) is 3.96. The normalized spacial score (nSPS) is 41.8. The second-order valence-corrected chi connectivity index (χ2v) is 9.85. The molecule has 168 valence electrons. The van der Waals surface area contributed by atoms with E-state index in [9.17, 15) is 19.8 Å². The summed E-state index contributed by atoms with van der Waals surface area (Å²) in [6.07, 6.45) is 0.546. The Labute approximate surface area is 179 Å². The van der Waals surface area contributed by atoms with Crippen molar-refractivity contribution in [2.45, 2.75) is 91.1 Å². The highest BCUT2D eigenvalue weighted by Gasteiger charge is 2.58. The van der Waals surface area contributed by atoms with Crippen LogP contribution in [0.3, 0.4) is 0 Å². The topological polar surface area (TPSA) is 93.1 Å². The molecule has 0 radical (unpaired) electrons. The minimum Gasteiger partial charge on any atom is -0.458 e. The van der Waals surface area contributed by atoms with Crippen molar-refractivity contribution >= 4 is 11.9 Å². The first-order valence-corrected chi connectivity index (χ1v) is 11.1. The molecule has 3 aliphatic carbocycles. The zero-order chi connectivity index (χ0) is 22.4. The van der Waals surface area contributed by atoms with Crippen LogP contribution in [0, 0.1) is 23.2 Å². The van der Waals surface area contributed by atoms with Gasteiger partial charge in [-0.05, 0) is 62.4 Å². The number of allylic oxidation sites excluding steroid dienone is 1. The molecule has 0 amide bonds. The van der Waals surface area contributed by atoms with Gasteiger partial charge in [0.1, 0.15) is 18.3 Å². The van der Waals surface area contributed by atoms with Gasteiger partial charge in [0, 0.05) is 24.8 Å². The molecule has 6 nitrogen and oxygen atoms in total. The van der Waals surface area contributed by atoms with E-state index >= 15 is 0 Å². The van der Waals surface area contributed by atoms with Crippen molar-refractivity contribution in [2.24, 2.45) is 23.2 Å². The Morgan fingerprint density at radius 1 is 1.07 bits per heavy atom. The molecule has 3 rings (SSSR count). The third-order valence-electron chi connectivity index (χ3n) is 7.71. The molecule has 6 heteroatoms. The molecule has 0 aromatic carbocycles. The molecule has 0 saturated heterocycles. The Balaban J connectivity index is 2.14. The number of esters is 2. The highest BCUT2D eigenvalue weighted by atomic mass is 16.5. The number of hydrogen-bond donors (Lipinski definition) is 2. The molecule has 1 fully saturated rings. The number of aliphatic hydroxyl groups is 2. The summed E-state index contributed by atoms with van der Waals surface area (Å²) in [5.74, 6) is -0.584. The zero-order valence-electron chi connectivity index (χ0n) is 18.8. The predicted octanol–water partition coefficient (Wildman–Crippen LogP) is 3.31. The lowest BCUT2D eigenvalue weighted by Gasteiger charge is -2.48. The quantitative estimate of drug-likeness (QED) is 0.526. The smallest absolute Gasteiger partial charge is 0.303 e. The number of carbonyl (C=O) groups excluding carboxylic acids is 2. The lowest BCUT2D eigenvalue weighted by molar-refractivity contribution is -0.148. The summed E-state index contributed by atoms with van der Waals surface area (Å²) >= 11 is 0. The van der Waals surface area contributed by atoms with Gasteiger partial charge < -0.3 is 19.7 Å². The number of rotatable bonds is 2. The fraction of sp³-hybridized carbons (Fsp3) is 0.750. The van der Waals surface area contributed by atoms with E-state index in [-0.39, 0.29) is 29.8 Å². The Morgan fingerprint density at radius 3 is 2.27 bits per heavy atom. The highest BCUT2D eigenvalue weighted by Crippen LogP contribution is 2.59. The first kappa shape index (κ1) is 23.0. The lowest BCUT2D eigenvalue weighted by Crippen LogP contribution is -2.52. The van der Waals surface area contributed by atoms with Gasteiger partial charge in [0.2, 0.25) is 0 Å². The maximum atomic E-state index is 11.9. The SMILES string of the molecule is C=C1C(OC(C)=O)CCC(C)CC(OC(C)=O)C2=C(C)C3C1CCC3(C)C(O)C2O. The molecule has 8 unspecified atom stereocenters. The van der Waals surface area contributed by atoms with Crippen molar-refractivity contribution in [3.63, 3.8) is 0 Å². The van der Waals surface area contributed by atoms with Crippen molar-refractivity contribution in [2.75, 3.05) is 0 Å². The molecule has 3 aliphatic rings. The second-order valence-electron chi connectivity index (χ2n) is 9.85. The average molecular weight is 421 g/mol. The van der Waals surface area contributed by atoms with Crippen LogP contribution in [0.15, 0.2) is 23.3 Å². The summed E-state index contributed by atoms with van der Waals surface area (Å²) in [4.78, 5) is 23.6. The summed E-state index contributed by atoms with van der Waals surface area (Å²) < 4.78 is 11.3. The molecule has 0 aromatic rings. The zero-order valence-corrected chi connectivity index (χ0v) is 18.8. The molecule has 30 heavy (non-hydrogen) atoms. The van der Waals surface area contributed by atoms with Crippen LogP contribution < -0.4 is 0 Å². The van der Waals surface area contributed by atoms with Crippen LogP contribution in [0.4, 0.5) is 0 Å². The van der Waals surface area contributed by atoms with Gasteiger partial charge in [-0.15, -0.1) is 0 Å². The molecule has 0 spiro atoms. The van der Waals surface area contributed by atoms with Crippen molar-refractivity contribution in [3.05, 3.63) is 23.3 Å². The molecular formula is C24H36O6. The van der Waals surface area contributed by atoms with Gasteiger partial charge in [0.05, 0.1) is 6.10 Å². The summed E-state index contributed by atoms with van der Waals surface area (Å²) in [6.45, 7) is 13.2. The average Bonchev–Trinajstić information content (AvgIpc) is 3.00. The first-order chi connectivity index (χ1) is 14.0. The van der Waals surface area contributed by atoms with Crippen LogP contribution >= 0.6 is 0 Å². The first-order valence-electron chi connectivity index (χ1n) is 11.1. The number of carbonyl (C=O) groups is 2. The monoisotopic (exact) mass is 420 g/mol. The summed E-state index contributed by atoms with van der Waals surface area (Å²) in [5, 5.41) is 22.3. The molecule has 1 saturated carbocycles. The Bertz CT molecular complexity index is 755. The molecule has 0 aromatic heterocycles. The lowest BCUT2D eigenvalue weighted by atomic mass is 9.60. The highest BCUT2D eigenvalue weighted by molar-refractivity contribution is 5.67. The maximum Gasteiger partial charge on any atom is 0.303 e. The van der Waals surface area contributed by atoms with Crippen LogP contribution in [0.2, 0.25) is 0 Å². The third-order valence-corrected chi connectivity index (χ3v) is 7.71. The van der Waals surface area contributed by atoms with Crippen LogP contribution in [-0.4, -0.2) is 46.6 Å². The predicted molar refractivity (Wildman–Crippen MR) is 112 cm³/mol. The fourth-order valence-corrected chi connectivity index (χ4v) is 6.28. The van der Waals surface area contributed by atoms with Crippen molar-refractivity contribution in [1.82, 2.24) is 0 Å². The second kappa shape index (κ2) is 8.46. The molecule has 0 heterocycles. The Morgan fingerprint density at radius 2 is 1.67 bits per heavy atom. The fourth-order valence-electron chi connectivity index (χ4n) is 6.28. The van der Waals surface area contributed by atoms with E-state index < -0.39 is 29.7 Å². The van der Waals surface area contributed by atoms with Gasteiger partial charge in [-0.25, -0.2) is 0 Å². The van der Waals surface area contributed by atoms with E-state index in [1.807, 2.05) is 13.8 Å². The van der Waals surface area contributed by atoms with E-state index in [0.717, 1.165) is 30.4 Å². The van der Waals surface area contributed by atoms with Gasteiger partial charge in [0.15, 0.2) is 0 Å². The van der Waals surface area contributed by atoms with Gasteiger partial charge in [-0.3, -0.25) is 9.59 Å². The molecule has 2 bridgehead atoms. The van der Waals surface area contributed by atoms with Gasteiger partial charge in [-0.2, -0.15) is 0 Å². The van der Waals surface area contributed by atoms with Gasteiger partial charge in [-0.1, -0.05) is 26.0 Å². The summed E-state index contributed by atoms with van der Waals surface area (Å²) in [5.41, 5.74) is 1.99. The van der Waals surface area contributed by atoms with E-state index in [4.69, 9.17) is 9.47 Å². The standard InChI is InChI=1S/C24H36O6/c1-12-7-8-18(29-15(4)25)13(2)17-9-10-24(6)21(17)14(3)20(22(27)23(24)28)19(11-12)30-16(5)26/h12,17-19,21-23,27-28H,2,7-11H2,1,3-6H3. The van der Waals surface area contributed by atoms with Crippen molar-refractivity contribution < 1.29 is 29.3 Å². The van der Waals surface area contributed by atoms with Crippen LogP contribution in [-0.2, 0) is 19.1 Å². The van der Waals surface area contributed by atoms with Crippen LogP contribution in [0.25, 0.3) is 0 Å². The minimum absolute atomic E-state index is 0.0304. The molecule has 0 aliphatic heterocycles. The number of hydrogen-bond acceptors (Lipinski definition) is 6. The Kier molecular flexibility index (Phi) is 6.49. The van der Waals surface area contributed by atoms with Crippen molar-refractivity contribution in [3.8, 4) is 0 Å². The van der Waals surface area contributed by atoms with E-state index in [1.54, 1.807) is 0 Å². The number of aliphatic hydroxyl groups excluding tert-OH is 2. The largest absolute Gasteiger partial charge is 0.458 e. The Hall–Kier alpha value is -1.66. The van der Waals surface area contributed by atoms with E-state index in [2.05, 4.69) is 13.5 Å².